The zero-order valence-electron chi connectivity index (χ0n) is 18.8. The van der Waals surface area contributed by atoms with E-state index in [0.29, 0.717) is 43.2 Å². The minimum Gasteiger partial charge on any atom is -0.473 e. The summed E-state index contributed by atoms with van der Waals surface area (Å²) in [5.41, 5.74) is 3.98. The zero-order valence-corrected chi connectivity index (χ0v) is 19.8. The second-order valence-electron chi connectivity index (χ2n) is 7.50. The van der Waals surface area contributed by atoms with Gasteiger partial charge >= 0.3 is 0 Å². The smallest absolute Gasteiger partial charge is 0.242 e. The first-order chi connectivity index (χ1) is 15.6. The first-order valence-corrected chi connectivity index (χ1v) is 10.6. The van der Waals surface area contributed by atoms with Crippen LogP contribution in [0, 0.1) is 0 Å². The maximum Gasteiger partial charge on any atom is 0.242 e. The summed E-state index contributed by atoms with van der Waals surface area (Å²) in [6.45, 7) is 4.81. The Morgan fingerprint density at radius 2 is 2.03 bits per heavy atom. The van der Waals surface area contributed by atoms with E-state index in [0.717, 1.165) is 23.5 Å². The summed E-state index contributed by atoms with van der Waals surface area (Å²) in [5, 5.41) is 3.30. The fourth-order valence-corrected chi connectivity index (χ4v) is 3.53. The van der Waals surface area contributed by atoms with Crippen molar-refractivity contribution >= 4 is 36.1 Å². The van der Waals surface area contributed by atoms with Gasteiger partial charge in [0, 0.05) is 50.8 Å². The summed E-state index contributed by atoms with van der Waals surface area (Å²) in [5.74, 6) is 0.436. The van der Waals surface area contributed by atoms with Gasteiger partial charge in [-0.2, -0.15) is 13.5 Å². The number of rotatable bonds is 8. The van der Waals surface area contributed by atoms with Gasteiger partial charge < -0.3 is 24.4 Å². The third-order valence-electron chi connectivity index (χ3n) is 5.23. The molecule has 3 heterocycles. The number of hydrogen-bond acceptors (Lipinski definition) is 8. The Balaban J connectivity index is 0.00000306. The van der Waals surface area contributed by atoms with Crippen molar-refractivity contribution in [2.75, 3.05) is 51.9 Å². The van der Waals surface area contributed by atoms with Gasteiger partial charge in [-0.1, -0.05) is 12.1 Å². The van der Waals surface area contributed by atoms with Crippen molar-refractivity contribution in [3.63, 3.8) is 0 Å². The van der Waals surface area contributed by atoms with Gasteiger partial charge in [-0.05, 0) is 18.2 Å². The van der Waals surface area contributed by atoms with Crippen LogP contribution in [0.15, 0.2) is 42.7 Å². The molecule has 1 amide bonds. The molecular weight excluding hydrogens is 442 g/mol. The molecule has 9 nitrogen and oxygen atoms in total. The predicted octanol–water partition coefficient (Wildman–Crippen LogP) is 2.49. The largest absolute Gasteiger partial charge is 0.473 e. The Hall–Kier alpha value is -2.95. The van der Waals surface area contributed by atoms with Gasteiger partial charge in [0.1, 0.15) is 12.7 Å². The lowest BCUT2D eigenvalue weighted by Gasteiger charge is -2.32. The number of morpholine rings is 1. The number of benzene rings is 1. The van der Waals surface area contributed by atoms with Crippen LogP contribution in [-0.2, 0) is 14.3 Å². The highest BCUT2D eigenvalue weighted by Crippen LogP contribution is 2.28. The van der Waals surface area contributed by atoms with Crippen LogP contribution >= 0.6 is 13.5 Å². The van der Waals surface area contributed by atoms with E-state index in [-0.39, 0.29) is 32.1 Å². The molecule has 0 aliphatic carbocycles. The number of methoxy groups -OCH3 is 1. The molecular formula is C23H29N5O4S. The molecule has 1 aliphatic rings. The van der Waals surface area contributed by atoms with Gasteiger partial charge in [-0.3, -0.25) is 9.78 Å². The van der Waals surface area contributed by atoms with Crippen LogP contribution in [0.25, 0.3) is 22.3 Å². The van der Waals surface area contributed by atoms with Crippen LogP contribution in [0.1, 0.15) is 6.92 Å². The van der Waals surface area contributed by atoms with E-state index in [1.807, 2.05) is 30.3 Å². The van der Waals surface area contributed by atoms with Gasteiger partial charge in [0.25, 0.3) is 0 Å². The second kappa shape index (κ2) is 11.8. The van der Waals surface area contributed by atoms with E-state index < -0.39 is 0 Å². The number of carbonyl (C=O) groups excluding carboxylic acids is 1. The monoisotopic (exact) mass is 471 g/mol. The zero-order chi connectivity index (χ0) is 22.3. The summed E-state index contributed by atoms with van der Waals surface area (Å²) in [4.78, 5) is 27.0. The summed E-state index contributed by atoms with van der Waals surface area (Å²) in [6, 6.07) is 9.90. The van der Waals surface area contributed by atoms with Crippen molar-refractivity contribution in [2.45, 2.75) is 13.0 Å². The summed E-state index contributed by atoms with van der Waals surface area (Å²) >= 11 is 0. The van der Waals surface area contributed by atoms with Crippen LogP contribution in [0.3, 0.4) is 0 Å². The lowest BCUT2D eigenvalue weighted by molar-refractivity contribution is -0.137. The average molecular weight is 472 g/mol. The van der Waals surface area contributed by atoms with Gasteiger partial charge in [0.05, 0.1) is 31.0 Å². The number of ether oxygens (including phenoxy) is 3. The standard InChI is InChI=1S/C23H27N5O4.H2S/c1-16(29)28-10-12-31-19(14-28)15-32-23-22-21(25-7-8-26-22)13-20(27-23)17-3-5-18(6-4-17)24-9-11-30-2;/h3-8,13,19,24H,9-12,14-15H2,1-2H3;1H2/t19-;/m0./s1. The number of aromatic nitrogens is 3. The number of carbonyl (C=O) groups is 1. The fraction of sp³-hybridized carbons (Fsp3) is 0.391. The second-order valence-corrected chi connectivity index (χ2v) is 7.50. The third-order valence-corrected chi connectivity index (χ3v) is 5.23. The van der Waals surface area contributed by atoms with Crippen molar-refractivity contribution in [3.8, 4) is 17.1 Å². The van der Waals surface area contributed by atoms with Crippen LogP contribution in [0.2, 0.25) is 0 Å². The molecule has 0 spiro atoms. The fourth-order valence-electron chi connectivity index (χ4n) is 3.53. The highest BCUT2D eigenvalue weighted by molar-refractivity contribution is 7.59. The van der Waals surface area contributed by atoms with Gasteiger partial charge in [-0.15, -0.1) is 0 Å². The van der Waals surface area contributed by atoms with Crippen molar-refractivity contribution in [1.29, 1.82) is 0 Å². The molecule has 0 saturated carbocycles. The van der Waals surface area contributed by atoms with E-state index in [4.69, 9.17) is 19.2 Å². The number of fused-ring (bicyclic) bond motifs is 1. The lowest BCUT2D eigenvalue weighted by Crippen LogP contribution is -2.46. The van der Waals surface area contributed by atoms with Crippen LogP contribution in [0.4, 0.5) is 5.69 Å². The molecule has 1 aliphatic heterocycles. The van der Waals surface area contributed by atoms with Crippen molar-refractivity contribution in [1.82, 2.24) is 19.9 Å². The highest BCUT2D eigenvalue weighted by Gasteiger charge is 2.23. The minimum absolute atomic E-state index is 0. The van der Waals surface area contributed by atoms with Crippen molar-refractivity contribution in [3.05, 3.63) is 42.7 Å². The maximum atomic E-state index is 11.7. The average Bonchev–Trinajstić information content (AvgIpc) is 2.83. The summed E-state index contributed by atoms with van der Waals surface area (Å²) in [6.07, 6.45) is 3.04. The Morgan fingerprint density at radius 3 is 2.79 bits per heavy atom. The molecule has 10 heteroatoms. The van der Waals surface area contributed by atoms with E-state index in [9.17, 15) is 4.79 Å². The Morgan fingerprint density at radius 1 is 1.24 bits per heavy atom. The van der Waals surface area contributed by atoms with Crippen LogP contribution < -0.4 is 10.1 Å². The van der Waals surface area contributed by atoms with E-state index in [1.165, 1.54) is 0 Å². The van der Waals surface area contributed by atoms with Crippen LogP contribution in [-0.4, -0.2) is 78.4 Å². The van der Waals surface area contributed by atoms with Gasteiger partial charge in [0.2, 0.25) is 11.8 Å². The molecule has 176 valence electrons. The molecule has 1 fully saturated rings. The molecule has 1 N–H and O–H groups in total. The summed E-state index contributed by atoms with van der Waals surface area (Å²) in [7, 11) is 1.68. The molecule has 1 atom stereocenters. The molecule has 3 aromatic rings. The molecule has 0 unspecified atom stereocenters. The highest BCUT2D eigenvalue weighted by atomic mass is 32.1. The quantitative estimate of drug-likeness (QED) is 0.501. The topological polar surface area (TPSA) is 98.7 Å². The van der Waals surface area contributed by atoms with E-state index >= 15 is 0 Å². The predicted molar refractivity (Wildman–Crippen MR) is 131 cm³/mol. The van der Waals surface area contributed by atoms with Gasteiger partial charge in [0.15, 0.2) is 5.52 Å². The van der Waals surface area contributed by atoms with Gasteiger partial charge in [-0.25, -0.2) is 9.97 Å². The molecule has 2 aromatic heterocycles. The first kappa shape index (κ1) is 24.7. The number of hydrogen-bond donors (Lipinski definition) is 1. The molecule has 0 radical (unpaired) electrons. The van der Waals surface area contributed by atoms with E-state index in [1.54, 1.807) is 31.3 Å². The van der Waals surface area contributed by atoms with Crippen LogP contribution in [0.5, 0.6) is 5.88 Å². The SMILES string of the molecule is COCCNc1ccc(-c2cc3nccnc3c(OC[C@@H]3CN(C(C)=O)CCO3)n2)cc1.S. The molecule has 0 bridgehead atoms. The Labute approximate surface area is 199 Å². The third kappa shape index (κ3) is 6.31. The van der Waals surface area contributed by atoms with Crippen molar-refractivity contribution in [2.24, 2.45) is 0 Å². The Bertz CT molecular complexity index is 1070. The maximum absolute atomic E-state index is 11.7. The normalized spacial score (nSPS) is 15.7. The van der Waals surface area contributed by atoms with Crippen molar-refractivity contribution < 1.29 is 19.0 Å². The number of anilines is 1. The van der Waals surface area contributed by atoms with E-state index in [2.05, 4.69) is 15.3 Å². The number of pyridine rings is 1. The minimum atomic E-state index is -0.220. The number of nitrogens with zero attached hydrogens (tertiary/aromatic N) is 4. The molecule has 1 aromatic carbocycles. The Kier molecular flexibility index (Phi) is 8.81. The number of nitrogens with one attached hydrogen (secondary N) is 1. The molecule has 1 saturated heterocycles. The lowest BCUT2D eigenvalue weighted by atomic mass is 10.1. The molecule has 33 heavy (non-hydrogen) atoms. The number of amides is 1. The summed E-state index contributed by atoms with van der Waals surface area (Å²) < 4.78 is 16.9. The molecule has 4 rings (SSSR count). The first-order valence-electron chi connectivity index (χ1n) is 10.6.